The van der Waals surface area contributed by atoms with Crippen molar-refractivity contribution in [3.05, 3.63) is 59.4 Å². The van der Waals surface area contributed by atoms with Crippen LogP contribution < -0.4 is 15.0 Å². The molecule has 3 rings (SSSR count). The fraction of sp³-hybridized carbons (Fsp3) is 0.0556. The summed E-state index contributed by atoms with van der Waals surface area (Å²) in [6.07, 6.45) is 1.33. The summed E-state index contributed by atoms with van der Waals surface area (Å²) in [7, 11) is 1.41. The maximum atomic E-state index is 13.1. The molecule has 2 amide bonds. The van der Waals surface area contributed by atoms with Gasteiger partial charge in [0.15, 0.2) is 16.6 Å². The Hall–Kier alpha value is -3.26. The number of hydrogen-bond donors (Lipinski definition) is 2. The Morgan fingerprint density at radius 3 is 2.50 bits per heavy atom. The number of nitrogens with zero attached hydrogens (tertiary/aromatic N) is 1. The molecule has 1 aliphatic heterocycles. The number of nitrogens with one attached hydrogen (secondary N) is 1. The summed E-state index contributed by atoms with van der Waals surface area (Å²) in [6, 6.07) is 9.60. The third-order valence-electron chi connectivity index (χ3n) is 3.70. The number of phenolic OH excluding ortho intramolecular Hbond substituents is 1. The molecular formula is C18H13FN2O4S. The molecule has 2 aromatic rings. The van der Waals surface area contributed by atoms with Crippen molar-refractivity contribution < 1.29 is 23.8 Å². The second-order valence-corrected chi connectivity index (χ2v) is 5.75. The van der Waals surface area contributed by atoms with Crippen molar-refractivity contribution in [3.63, 3.8) is 0 Å². The maximum Gasteiger partial charge on any atom is 0.270 e. The molecule has 0 unspecified atom stereocenters. The van der Waals surface area contributed by atoms with Crippen molar-refractivity contribution in [2.45, 2.75) is 0 Å². The first-order valence-electron chi connectivity index (χ1n) is 7.44. The van der Waals surface area contributed by atoms with E-state index in [1.165, 1.54) is 49.6 Å². The van der Waals surface area contributed by atoms with Crippen molar-refractivity contribution >= 4 is 40.9 Å². The number of methoxy groups -OCH3 is 1. The number of anilines is 1. The van der Waals surface area contributed by atoms with Crippen molar-refractivity contribution in [3.8, 4) is 11.5 Å². The van der Waals surface area contributed by atoms with E-state index in [9.17, 15) is 19.1 Å². The highest BCUT2D eigenvalue weighted by molar-refractivity contribution is 7.80. The highest BCUT2D eigenvalue weighted by Crippen LogP contribution is 2.28. The highest BCUT2D eigenvalue weighted by Gasteiger charge is 2.34. The Balaban J connectivity index is 1.99. The van der Waals surface area contributed by atoms with E-state index in [4.69, 9.17) is 17.0 Å². The second kappa shape index (κ2) is 6.93. The molecule has 0 aliphatic carbocycles. The number of ether oxygens (including phenoxy) is 1. The highest BCUT2D eigenvalue weighted by atomic mass is 32.1. The average molecular weight is 372 g/mol. The maximum absolute atomic E-state index is 13.1. The topological polar surface area (TPSA) is 78.9 Å². The molecule has 26 heavy (non-hydrogen) atoms. The molecule has 1 heterocycles. The number of hydrogen-bond acceptors (Lipinski definition) is 5. The van der Waals surface area contributed by atoms with Gasteiger partial charge in [-0.3, -0.25) is 19.8 Å². The van der Waals surface area contributed by atoms with Gasteiger partial charge in [-0.15, -0.1) is 0 Å². The van der Waals surface area contributed by atoms with Crippen LogP contribution in [0.4, 0.5) is 10.1 Å². The number of phenols is 1. The monoisotopic (exact) mass is 372 g/mol. The van der Waals surface area contributed by atoms with E-state index in [0.717, 1.165) is 4.90 Å². The molecule has 2 N–H and O–H groups in total. The lowest BCUT2D eigenvalue weighted by molar-refractivity contribution is -0.122. The Morgan fingerprint density at radius 1 is 1.19 bits per heavy atom. The van der Waals surface area contributed by atoms with E-state index in [2.05, 4.69) is 5.32 Å². The van der Waals surface area contributed by atoms with E-state index >= 15 is 0 Å². The van der Waals surface area contributed by atoms with E-state index in [1.54, 1.807) is 6.07 Å². The van der Waals surface area contributed by atoms with E-state index in [0.29, 0.717) is 11.3 Å². The summed E-state index contributed by atoms with van der Waals surface area (Å²) in [5.74, 6) is -1.64. The van der Waals surface area contributed by atoms with Crippen LogP contribution in [0.2, 0.25) is 0 Å². The number of thiocarbonyl (C=S) groups is 1. The summed E-state index contributed by atoms with van der Waals surface area (Å²) in [5.41, 5.74) is 0.575. The second-order valence-electron chi connectivity index (χ2n) is 5.37. The number of carbonyl (C=O) groups excluding carboxylic acids is 2. The Labute approximate surface area is 153 Å². The third-order valence-corrected chi connectivity index (χ3v) is 3.99. The van der Waals surface area contributed by atoms with Crippen LogP contribution in [0.5, 0.6) is 11.5 Å². The molecule has 1 fully saturated rings. The lowest BCUT2D eigenvalue weighted by atomic mass is 10.1. The summed E-state index contributed by atoms with van der Waals surface area (Å²) in [6.45, 7) is 0. The van der Waals surface area contributed by atoms with Gasteiger partial charge in [0.2, 0.25) is 0 Å². The van der Waals surface area contributed by atoms with E-state index in [1.807, 2.05) is 0 Å². The van der Waals surface area contributed by atoms with Gasteiger partial charge in [0, 0.05) is 0 Å². The molecule has 132 valence electrons. The molecular weight excluding hydrogens is 359 g/mol. The molecule has 1 aliphatic rings. The van der Waals surface area contributed by atoms with Gasteiger partial charge in [0.1, 0.15) is 11.4 Å². The molecule has 0 saturated carbocycles. The first kappa shape index (κ1) is 17.6. The fourth-order valence-electron chi connectivity index (χ4n) is 2.45. The molecule has 8 heteroatoms. The zero-order chi connectivity index (χ0) is 18.8. The zero-order valence-electron chi connectivity index (χ0n) is 13.5. The minimum absolute atomic E-state index is 0.0960. The van der Waals surface area contributed by atoms with Gasteiger partial charge < -0.3 is 9.84 Å². The standard InChI is InChI=1S/C18H13FN2O4S/c1-25-15-7-2-10(9-14(15)22)8-13-16(23)20-18(26)21(17(13)24)12-5-3-11(19)4-6-12/h2-9,22H,1H3,(H,20,23,26)/b13-8+. The minimum Gasteiger partial charge on any atom is -0.504 e. The van der Waals surface area contributed by atoms with Gasteiger partial charge in [-0.1, -0.05) is 6.07 Å². The molecule has 2 aromatic carbocycles. The normalized spacial score (nSPS) is 16.0. The number of aromatic hydroxyl groups is 1. The van der Waals surface area contributed by atoms with Crippen LogP contribution in [0.25, 0.3) is 6.08 Å². The van der Waals surface area contributed by atoms with E-state index < -0.39 is 17.6 Å². The van der Waals surface area contributed by atoms with E-state index in [-0.39, 0.29) is 22.2 Å². The summed E-state index contributed by atoms with van der Waals surface area (Å²) < 4.78 is 18.1. The molecule has 0 bridgehead atoms. The molecule has 1 saturated heterocycles. The smallest absolute Gasteiger partial charge is 0.270 e. The first-order valence-corrected chi connectivity index (χ1v) is 7.85. The van der Waals surface area contributed by atoms with Crippen LogP contribution in [0.3, 0.4) is 0 Å². The van der Waals surface area contributed by atoms with Gasteiger partial charge in [-0.25, -0.2) is 4.39 Å². The molecule has 0 aromatic heterocycles. The molecule has 0 radical (unpaired) electrons. The minimum atomic E-state index is -0.659. The lowest BCUT2D eigenvalue weighted by Crippen LogP contribution is -2.54. The number of amides is 2. The quantitative estimate of drug-likeness (QED) is 0.491. The van der Waals surface area contributed by atoms with Crippen LogP contribution in [0.1, 0.15) is 5.56 Å². The van der Waals surface area contributed by atoms with Gasteiger partial charge in [0.05, 0.1) is 12.8 Å². The SMILES string of the molecule is COc1ccc(/C=C2\C(=O)NC(=S)N(c3ccc(F)cc3)C2=O)cc1O. The van der Waals surface area contributed by atoms with Crippen LogP contribution in [-0.4, -0.2) is 29.1 Å². The number of rotatable bonds is 3. The largest absolute Gasteiger partial charge is 0.504 e. The Morgan fingerprint density at radius 2 is 1.88 bits per heavy atom. The van der Waals surface area contributed by atoms with Crippen molar-refractivity contribution in [2.75, 3.05) is 12.0 Å². The average Bonchev–Trinajstić information content (AvgIpc) is 2.60. The van der Waals surface area contributed by atoms with Crippen LogP contribution in [-0.2, 0) is 9.59 Å². The summed E-state index contributed by atoms with van der Waals surface area (Å²) in [4.78, 5) is 26.1. The van der Waals surface area contributed by atoms with Crippen LogP contribution >= 0.6 is 12.2 Å². The third kappa shape index (κ3) is 3.27. The number of halogens is 1. The van der Waals surface area contributed by atoms with Gasteiger partial charge >= 0.3 is 0 Å². The number of benzene rings is 2. The Kier molecular flexibility index (Phi) is 4.68. The predicted molar refractivity (Wildman–Crippen MR) is 97.3 cm³/mol. The Bertz CT molecular complexity index is 941. The summed E-state index contributed by atoms with van der Waals surface area (Å²) in [5, 5.41) is 12.2. The van der Waals surface area contributed by atoms with Gasteiger partial charge in [-0.05, 0) is 60.3 Å². The zero-order valence-corrected chi connectivity index (χ0v) is 14.3. The summed E-state index contributed by atoms with van der Waals surface area (Å²) >= 11 is 5.06. The first-order chi connectivity index (χ1) is 12.4. The predicted octanol–water partition coefficient (Wildman–Crippen LogP) is 2.37. The van der Waals surface area contributed by atoms with Gasteiger partial charge in [0.25, 0.3) is 11.8 Å². The fourth-order valence-corrected chi connectivity index (χ4v) is 2.73. The number of carbonyl (C=O) groups is 2. The van der Waals surface area contributed by atoms with Crippen LogP contribution in [0.15, 0.2) is 48.0 Å². The van der Waals surface area contributed by atoms with Crippen molar-refractivity contribution in [1.29, 1.82) is 0 Å². The molecule has 0 spiro atoms. The van der Waals surface area contributed by atoms with Crippen molar-refractivity contribution in [1.82, 2.24) is 5.32 Å². The lowest BCUT2D eigenvalue weighted by Gasteiger charge is -2.28. The van der Waals surface area contributed by atoms with Gasteiger partial charge in [-0.2, -0.15) is 0 Å². The van der Waals surface area contributed by atoms with Crippen LogP contribution in [0, 0.1) is 5.82 Å². The van der Waals surface area contributed by atoms with Crippen molar-refractivity contribution in [2.24, 2.45) is 0 Å². The molecule has 6 nitrogen and oxygen atoms in total. The molecule has 0 atom stereocenters.